The molecule has 0 radical (unpaired) electrons. The van der Waals surface area contributed by atoms with Gasteiger partial charge >= 0.3 is 0 Å². The molecule has 0 N–H and O–H groups in total. The lowest BCUT2D eigenvalue weighted by Crippen LogP contribution is -2.43. The van der Waals surface area contributed by atoms with Gasteiger partial charge in [-0.3, -0.25) is 14.2 Å². The minimum absolute atomic E-state index is 0.0372. The molecule has 2 aromatic heterocycles. The van der Waals surface area contributed by atoms with Gasteiger partial charge in [0.2, 0.25) is 5.91 Å². The number of hydrogen-bond acceptors (Lipinski definition) is 6. The van der Waals surface area contributed by atoms with Crippen molar-refractivity contribution in [3.05, 3.63) is 45.1 Å². The standard InChI is InChI=1S/C25H29N3O3S2/c1-3-31-18-12-10-17(11-13-18)28-24(30)22-19-8-6-9-20(19)33-23(22)26-25(28)32-15-21(29)27-14-5-4-7-16(27)2/h10-13,16H,3-9,14-15H2,1-2H3/t16-/m0/s1. The highest BCUT2D eigenvalue weighted by Crippen LogP contribution is 2.36. The zero-order chi connectivity index (χ0) is 22.9. The Hall–Kier alpha value is -2.32. The van der Waals surface area contributed by atoms with E-state index in [1.807, 2.05) is 36.1 Å². The summed E-state index contributed by atoms with van der Waals surface area (Å²) in [6, 6.07) is 7.82. The number of amides is 1. The Morgan fingerprint density at radius 1 is 1.21 bits per heavy atom. The Labute approximate surface area is 202 Å². The fourth-order valence-electron chi connectivity index (χ4n) is 4.89. The summed E-state index contributed by atoms with van der Waals surface area (Å²) >= 11 is 3.00. The fourth-order valence-corrected chi connectivity index (χ4v) is 7.09. The van der Waals surface area contributed by atoms with Crippen LogP contribution in [0.1, 0.15) is 50.0 Å². The lowest BCUT2D eigenvalue weighted by atomic mass is 10.0. The number of rotatable bonds is 6. The van der Waals surface area contributed by atoms with Crippen LogP contribution in [0.3, 0.4) is 0 Å². The molecule has 0 bridgehead atoms. The van der Waals surface area contributed by atoms with Gasteiger partial charge in [-0.05, 0) is 82.2 Å². The van der Waals surface area contributed by atoms with Crippen LogP contribution in [-0.2, 0) is 17.6 Å². The van der Waals surface area contributed by atoms with Gasteiger partial charge < -0.3 is 9.64 Å². The van der Waals surface area contributed by atoms with Crippen LogP contribution < -0.4 is 10.3 Å². The predicted octanol–water partition coefficient (Wildman–Crippen LogP) is 4.83. The number of piperidine rings is 1. The van der Waals surface area contributed by atoms with E-state index >= 15 is 0 Å². The first-order chi connectivity index (χ1) is 16.1. The molecule has 0 saturated carbocycles. The highest BCUT2D eigenvalue weighted by molar-refractivity contribution is 7.99. The third kappa shape index (κ3) is 4.30. The summed E-state index contributed by atoms with van der Waals surface area (Å²) in [5.41, 5.74) is 1.88. The van der Waals surface area contributed by atoms with Gasteiger partial charge in [0, 0.05) is 17.5 Å². The molecule has 8 heteroatoms. The molecule has 174 valence electrons. The summed E-state index contributed by atoms with van der Waals surface area (Å²) in [4.78, 5) is 35.7. The summed E-state index contributed by atoms with van der Waals surface area (Å²) in [7, 11) is 0. The SMILES string of the molecule is CCOc1ccc(-n2c(SCC(=O)N3CCCC[C@@H]3C)nc3sc4c(c3c2=O)CCC4)cc1. The molecule has 2 aliphatic rings. The van der Waals surface area contributed by atoms with Gasteiger partial charge in [-0.2, -0.15) is 0 Å². The van der Waals surface area contributed by atoms with Crippen LogP contribution >= 0.6 is 23.1 Å². The third-order valence-corrected chi connectivity index (χ3v) is 8.67. The van der Waals surface area contributed by atoms with E-state index in [1.54, 1.807) is 15.9 Å². The van der Waals surface area contributed by atoms with E-state index in [9.17, 15) is 9.59 Å². The second kappa shape index (κ2) is 9.50. The number of aromatic nitrogens is 2. The average Bonchev–Trinajstić information content (AvgIpc) is 3.40. The lowest BCUT2D eigenvalue weighted by molar-refractivity contribution is -0.131. The Morgan fingerprint density at radius 3 is 2.79 bits per heavy atom. The van der Waals surface area contributed by atoms with Gasteiger partial charge in [-0.15, -0.1) is 11.3 Å². The summed E-state index contributed by atoms with van der Waals surface area (Å²) in [6.45, 7) is 5.47. The normalized spacial score (nSPS) is 18.0. The number of carbonyl (C=O) groups is 1. The van der Waals surface area contributed by atoms with E-state index < -0.39 is 0 Å². The molecular weight excluding hydrogens is 454 g/mol. The zero-order valence-electron chi connectivity index (χ0n) is 19.1. The maximum Gasteiger partial charge on any atom is 0.267 e. The van der Waals surface area contributed by atoms with Gasteiger partial charge in [0.25, 0.3) is 5.56 Å². The molecule has 1 amide bonds. The van der Waals surface area contributed by atoms with Crippen LogP contribution in [0.5, 0.6) is 5.75 Å². The van der Waals surface area contributed by atoms with Gasteiger partial charge in [0.05, 0.1) is 23.4 Å². The van der Waals surface area contributed by atoms with Crippen molar-refractivity contribution in [2.75, 3.05) is 18.9 Å². The van der Waals surface area contributed by atoms with Crippen molar-refractivity contribution in [1.29, 1.82) is 0 Å². The minimum atomic E-state index is -0.0372. The number of fused-ring (bicyclic) bond motifs is 3. The smallest absolute Gasteiger partial charge is 0.267 e. The molecule has 0 spiro atoms. The Bertz CT molecular complexity index is 1230. The number of ether oxygens (including phenoxy) is 1. The molecule has 1 aliphatic carbocycles. The van der Waals surface area contributed by atoms with Crippen molar-refractivity contribution >= 4 is 39.2 Å². The molecule has 1 aromatic carbocycles. The second-order valence-corrected chi connectivity index (χ2v) is 10.7. The molecule has 3 aromatic rings. The number of benzene rings is 1. The minimum Gasteiger partial charge on any atom is -0.494 e. The van der Waals surface area contributed by atoms with Crippen LogP contribution in [0.25, 0.3) is 15.9 Å². The van der Waals surface area contributed by atoms with E-state index in [0.29, 0.717) is 11.8 Å². The second-order valence-electron chi connectivity index (χ2n) is 8.72. The van der Waals surface area contributed by atoms with Gasteiger partial charge in [-0.1, -0.05) is 11.8 Å². The van der Waals surface area contributed by atoms with Gasteiger partial charge in [-0.25, -0.2) is 4.98 Å². The molecule has 3 heterocycles. The Kier molecular flexibility index (Phi) is 6.47. The van der Waals surface area contributed by atoms with Crippen molar-refractivity contribution in [2.24, 2.45) is 0 Å². The number of carbonyl (C=O) groups excluding carboxylic acids is 1. The van der Waals surface area contributed by atoms with Crippen LogP contribution in [0.4, 0.5) is 0 Å². The number of likely N-dealkylation sites (tertiary alicyclic amines) is 1. The quantitative estimate of drug-likeness (QED) is 0.371. The molecule has 6 nitrogen and oxygen atoms in total. The predicted molar refractivity (Wildman–Crippen MR) is 134 cm³/mol. The number of hydrogen-bond donors (Lipinski definition) is 0. The topological polar surface area (TPSA) is 64.4 Å². The molecule has 1 saturated heterocycles. The van der Waals surface area contributed by atoms with Crippen molar-refractivity contribution in [2.45, 2.75) is 63.6 Å². The summed E-state index contributed by atoms with van der Waals surface area (Å²) in [6.07, 6.45) is 6.34. The molecule has 0 unspecified atom stereocenters. The van der Waals surface area contributed by atoms with Crippen molar-refractivity contribution in [1.82, 2.24) is 14.5 Å². The highest BCUT2D eigenvalue weighted by Gasteiger charge is 2.26. The van der Waals surface area contributed by atoms with Crippen LogP contribution in [0.2, 0.25) is 0 Å². The summed E-state index contributed by atoms with van der Waals surface area (Å²) in [5.74, 6) is 1.17. The maximum atomic E-state index is 13.8. The van der Waals surface area contributed by atoms with Crippen LogP contribution in [-0.4, -0.2) is 45.3 Å². The monoisotopic (exact) mass is 483 g/mol. The first-order valence-electron chi connectivity index (χ1n) is 11.8. The average molecular weight is 484 g/mol. The molecule has 33 heavy (non-hydrogen) atoms. The fraction of sp³-hybridized carbons (Fsp3) is 0.480. The number of thioether (sulfide) groups is 1. The van der Waals surface area contributed by atoms with Gasteiger partial charge in [0.15, 0.2) is 5.16 Å². The highest BCUT2D eigenvalue weighted by atomic mass is 32.2. The molecule has 1 atom stereocenters. The van der Waals surface area contributed by atoms with E-state index in [2.05, 4.69) is 6.92 Å². The molecule has 5 rings (SSSR count). The first-order valence-corrected chi connectivity index (χ1v) is 13.6. The van der Waals surface area contributed by atoms with Crippen molar-refractivity contribution in [3.8, 4) is 11.4 Å². The van der Waals surface area contributed by atoms with Gasteiger partial charge in [0.1, 0.15) is 10.6 Å². The number of nitrogens with zero attached hydrogens (tertiary/aromatic N) is 3. The van der Waals surface area contributed by atoms with Crippen LogP contribution in [0, 0.1) is 0 Å². The maximum absolute atomic E-state index is 13.8. The van der Waals surface area contributed by atoms with E-state index in [0.717, 1.165) is 60.3 Å². The molecule has 1 aliphatic heterocycles. The van der Waals surface area contributed by atoms with E-state index in [-0.39, 0.29) is 23.3 Å². The Balaban J connectivity index is 1.53. The lowest BCUT2D eigenvalue weighted by Gasteiger charge is -2.33. The number of thiophene rings is 1. The zero-order valence-corrected chi connectivity index (χ0v) is 20.8. The third-order valence-electron chi connectivity index (χ3n) is 6.56. The molecule has 1 fully saturated rings. The van der Waals surface area contributed by atoms with Crippen molar-refractivity contribution in [3.63, 3.8) is 0 Å². The first kappa shape index (κ1) is 22.5. The summed E-state index contributed by atoms with van der Waals surface area (Å²) < 4.78 is 7.26. The van der Waals surface area contributed by atoms with E-state index in [1.165, 1.54) is 28.6 Å². The number of aryl methyl sites for hydroxylation is 2. The van der Waals surface area contributed by atoms with Crippen molar-refractivity contribution < 1.29 is 9.53 Å². The van der Waals surface area contributed by atoms with E-state index in [4.69, 9.17) is 9.72 Å². The molecular formula is C25H29N3O3S2. The van der Waals surface area contributed by atoms with Crippen LogP contribution in [0.15, 0.2) is 34.2 Å². The summed E-state index contributed by atoms with van der Waals surface area (Å²) in [5, 5.41) is 1.33. The Morgan fingerprint density at radius 2 is 2.03 bits per heavy atom. The largest absolute Gasteiger partial charge is 0.494 e.